The van der Waals surface area contributed by atoms with Gasteiger partial charge < -0.3 is 10.2 Å². The predicted octanol–water partition coefficient (Wildman–Crippen LogP) is 2.50. The molecular formula is C12H19N3. The Labute approximate surface area is 91.5 Å². The normalized spacial score (nSPS) is 15.7. The Hall–Kier alpha value is -1.25. The van der Waals surface area contributed by atoms with Crippen molar-refractivity contribution in [2.45, 2.75) is 26.2 Å². The number of nitrogens with one attached hydrogen (secondary N) is 1. The highest BCUT2D eigenvalue weighted by molar-refractivity contribution is 5.55. The molecule has 2 rings (SSSR count). The zero-order valence-corrected chi connectivity index (χ0v) is 9.37. The van der Waals surface area contributed by atoms with Gasteiger partial charge in [0, 0.05) is 19.6 Å². The molecule has 0 aliphatic carbocycles. The number of anilines is 2. The van der Waals surface area contributed by atoms with Gasteiger partial charge in [0.2, 0.25) is 0 Å². The summed E-state index contributed by atoms with van der Waals surface area (Å²) in [5, 5.41) is 3.37. The molecule has 0 saturated carbocycles. The van der Waals surface area contributed by atoms with Crippen molar-refractivity contribution >= 4 is 11.4 Å². The lowest BCUT2D eigenvalue weighted by Gasteiger charge is -2.17. The minimum atomic E-state index is 1.02. The van der Waals surface area contributed by atoms with Crippen molar-refractivity contribution in [3.63, 3.8) is 0 Å². The van der Waals surface area contributed by atoms with E-state index in [1.807, 2.05) is 12.4 Å². The van der Waals surface area contributed by atoms with Crippen molar-refractivity contribution in [3.05, 3.63) is 18.5 Å². The first kappa shape index (κ1) is 10.3. The van der Waals surface area contributed by atoms with Crippen molar-refractivity contribution in [2.24, 2.45) is 0 Å². The van der Waals surface area contributed by atoms with Crippen molar-refractivity contribution in [3.8, 4) is 0 Å². The second kappa shape index (κ2) is 5.01. The van der Waals surface area contributed by atoms with Crippen LogP contribution in [0.15, 0.2) is 18.5 Å². The molecule has 1 aliphatic heterocycles. The SMILES string of the molecule is CCCNc1cncc(N2CCCC2)c1. The quantitative estimate of drug-likeness (QED) is 0.818. The fourth-order valence-corrected chi connectivity index (χ4v) is 1.94. The number of pyridine rings is 1. The van der Waals surface area contributed by atoms with Crippen molar-refractivity contribution in [1.82, 2.24) is 4.98 Å². The zero-order valence-electron chi connectivity index (χ0n) is 9.37. The number of hydrogen-bond donors (Lipinski definition) is 1. The number of rotatable bonds is 4. The lowest BCUT2D eigenvalue weighted by atomic mass is 10.3. The van der Waals surface area contributed by atoms with Crippen LogP contribution in [0.25, 0.3) is 0 Å². The molecule has 0 spiro atoms. The van der Waals surface area contributed by atoms with Gasteiger partial charge >= 0.3 is 0 Å². The largest absolute Gasteiger partial charge is 0.384 e. The molecule has 0 radical (unpaired) electrons. The molecule has 0 atom stereocenters. The smallest absolute Gasteiger partial charge is 0.0573 e. The highest BCUT2D eigenvalue weighted by Gasteiger charge is 2.12. The zero-order chi connectivity index (χ0) is 10.5. The van der Waals surface area contributed by atoms with Gasteiger partial charge in [-0.2, -0.15) is 0 Å². The highest BCUT2D eigenvalue weighted by Crippen LogP contribution is 2.21. The maximum atomic E-state index is 4.28. The van der Waals surface area contributed by atoms with E-state index < -0.39 is 0 Å². The molecule has 3 heteroatoms. The fourth-order valence-electron chi connectivity index (χ4n) is 1.94. The van der Waals surface area contributed by atoms with Crippen molar-refractivity contribution in [1.29, 1.82) is 0 Å². The molecule has 0 amide bonds. The Morgan fingerprint density at radius 2 is 2.13 bits per heavy atom. The summed E-state index contributed by atoms with van der Waals surface area (Å²) in [6, 6.07) is 2.20. The molecule has 0 bridgehead atoms. The average molecular weight is 205 g/mol. The van der Waals surface area contributed by atoms with E-state index in [1.165, 1.54) is 31.6 Å². The van der Waals surface area contributed by atoms with Crippen LogP contribution in [0.3, 0.4) is 0 Å². The molecule has 3 nitrogen and oxygen atoms in total. The summed E-state index contributed by atoms with van der Waals surface area (Å²) >= 11 is 0. The van der Waals surface area contributed by atoms with Crippen LogP contribution in [0.4, 0.5) is 11.4 Å². The highest BCUT2D eigenvalue weighted by atomic mass is 15.1. The molecule has 0 unspecified atom stereocenters. The number of aromatic nitrogens is 1. The van der Waals surface area contributed by atoms with Gasteiger partial charge in [0.05, 0.1) is 23.8 Å². The lowest BCUT2D eigenvalue weighted by Crippen LogP contribution is -2.17. The monoisotopic (exact) mass is 205 g/mol. The van der Waals surface area contributed by atoms with Crippen molar-refractivity contribution < 1.29 is 0 Å². The lowest BCUT2D eigenvalue weighted by molar-refractivity contribution is 0.949. The van der Waals surface area contributed by atoms with Gasteiger partial charge in [-0.05, 0) is 25.3 Å². The van der Waals surface area contributed by atoms with Crippen LogP contribution in [-0.2, 0) is 0 Å². The molecule has 2 heterocycles. The first-order valence-electron chi connectivity index (χ1n) is 5.84. The molecule has 1 saturated heterocycles. The predicted molar refractivity (Wildman–Crippen MR) is 64.5 cm³/mol. The maximum absolute atomic E-state index is 4.28. The van der Waals surface area contributed by atoms with Crippen LogP contribution in [0, 0.1) is 0 Å². The Bertz CT molecular complexity index is 305. The minimum absolute atomic E-state index is 1.02. The van der Waals surface area contributed by atoms with Crippen LogP contribution >= 0.6 is 0 Å². The summed E-state index contributed by atoms with van der Waals surface area (Å²) in [5.41, 5.74) is 2.40. The van der Waals surface area contributed by atoms with E-state index in [-0.39, 0.29) is 0 Å². The van der Waals surface area contributed by atoms with Gasteiger partial charge in [0.15, 0.2) is 0 Å². The third kappa shape index (κ3) is 2.61. The fraction of sp³-hybridized carbons (Fsp3) is 0.583. The summed E-state index contributed by atoms with van der Waals surface area (Å²) in [6.45, 7) is 5.55. The molecule has 1 aromatic rings. The Balaban J connectivity index is 2.04. The van der Waals surface area contributed by atoms with Gasteiger partial charge in [-0.3, -0.25) is 4.98 Å². The summed E-state index contributed by atoms with van der Waals surface area (Å²) in [6.07, 6.45) is 7.63. The van der Waals surface area contributed by atoms with Crippen LogP contribution in [-0.4, -0.2) is 24.6 Å². The third-order valence-corrected chi connectivity index (χ3v) is 2.77. The van der Waals surface area contributed by atoms with Crippen LogP contribution in [0.1, 0.15) is 26.2 Å². The Kier molecular flexibility index (Phi) is 3.43. The van der Waals surface area contributed by atoms with E-state index in [9.17, 15) is 0 Å². The minimum Gasteiger partial charge on any atom is -0.384 e. The first-order valence-corrected chi connectivity index (χ1v) is 5.84. The van der Waals surface area contributed by atoms with Gasteiger partial charge in [0.25, 0.3) is 0 Å². The Morgan fingerprint density at radius 3 is 2.87 bits per heavy atom. The molecule has 82 valence electrons. The van der Waals surface area contributed by atoms with E-state index >= 15 is 0 Å². The second-order valence-corrected chi connectivity index (χ2v) is 4.05. The molecule has 1 aromatic heterocycles. The topological polar surface area (TPSA) is 28.2 Å². The summed E-state index contributed by atoms with van der Waals surface area (Å²) < 4.78 is 0. The van der Waals surface area contributed by atoms with Crippen LogP contribution < -0.4 is 10.2 Å². The summed E-state index contributed by atoms with van der Waals surface area (Å²) in [7, 11) is 0. The van der Waals surface area contributed by atoms with Gasteiger partial charge in [0.1, 0.15) is 0 Å². The molecule has 1 aliphatic rings. The molecule has 15 heavy (non-hydrogen) atoms. The van der Waals surface area contributed by atoms with Crippen LogP contribution in [0.5, 0.6) is 0 Å². The van der Waals surface area contributed by atoms with Crippen LogP contribution in [0.2, 0.25) is 0 Å². The number of hydrogen-bond acceptors (Lipinski definition) is 3. The number of nitrogens with zero attached hydrogens (tertiary/aromatic N) is 2. The first-order chi connectivity index (χ1) is 7.40. The molecule has 1 fully saturated rings. The van der Waals surface area contributed by atoms with Gasteiger partial charge in [-0.25, -0.2) is 0 Å². The van der Waals surface area contributed by atoms with E-state index in [2.05, 4.69) is 28.2 Å². The van der Waals surface area contributed by atoms with Crippen molar-refractivity contribution in [2.75, 3.05) is 29.9 Å². The van der Waals surface area contributed by atoms with E-state index in [1.54, 1.807) is 0 Å². The third-order valence-electron chi connectivity index (χ3n) is 2.77. The maximum Gasteiger partial charge on any atom is 0.0573 e. The van der Waals surface area contributed by atoms with Gasteiger partial charge in [-0.1, -0.05) is 6.92 Å². The standard InChI is InChI=1S/C12H19N3/c1-2-5-14-11-8-12(10-13-9-11)15-6-3-4-7-15/h8-10,14H,2-7H2,1H3. The molecule has 1 N–H and O–H groups in total. The van der Waals surface area contributed by atoms with Gasteiger partial charge in [-0.15, -0.1) is 0 Å². The van der Waals surface area contributed by atoms with E-state index in [4.69, 9.17) is 0 Å². The Morgan fingerprint density at radius 1 is 1.33 bits per heavy atom. The average Bonchev–Trinajstić information content (AvgIpc) is 2.80. The summed E-state index contributed by atoms with van der Waals surface area (Å²) in [4.78, 5) is 6.68. The van der Waals surface area contributed by atoms with E-state index in [0.717, 1.165) is 18.7 Å². The summed E-state index contributed by atoms with van der Waals surface area (Å²) in [5.74, 6) is 0. The second-order valence-electron chi connectivity index (χ2n) is 4.05. The molecular weight excluding hydrogens is 186 g/mol. The molecule has 0 aromatic carbocycles. The van der Waals surface area contributed by atoms with E-state index in [0.29, 0.717) is 0 Å².